The molecule has 0 saturated heterocycles. The van der Waals surface area contributed by atoms with E-state index in [2.05, 4.69) is 15.5 Å². The van der Waals surface area contributed by atoms with Crippen molar-refractivity contribution < 1.29 is 18.0 Å². The molecule has 1 aromatic carbocycles. The van der Waals surface area contributed by atoms with E-state index in [1.807, 2.05) is 30.3 Å². The number of hydrogen-bond acceptors (Lipinski definition) is 4. The van der Waals surface area contributed by atoms with Crippen LogP contribution in [-0.4, -0.2) is 27.0 Å². The first-order valence-corrected chi connectivity index (χ1v) is 7.37. The Morgan fingerprint density at radius 1 is 1.20 bits per heavy atom. The number of aromatic nitrogens is 3. The summed E-state index contributed by atoms with van der Waals surface area (Å²) in [5.41, 5.74) is 6.98. The molecule has 1 unspecified atom stereocenters. The topological polar surface area (TPSA) is 85.3 Å². The zero-order chi connectivity index (χ0) is 18.0. The van der Waals surface area contributed by atoms with E-state index in [0.29, 0.717) is 0 Å². The second-order valence-corrected chi connectivity index (χ2v) is 5.39. The molecule has 9 heteroatoms. The molecule has 6 nitrogen and oxygen atoms in total. The van der Waals surface area contributed by atoms with Crippen LogP contribution in [0.15, 0.2) is 48.7 Å². The second-order valence-electron chi connectivity index (χ2n) is 5.39. The Morgan fingerprint density at radius 3 is 2.60 bits per heavy atom. The van der Waals surface area contributed by atoms with Crippen molar-refractivity contribution >= 4 is 11.6 Å². The van der Waals surface area contributed by atoms with E-state index in [1.165, 1.54) is 12.1 Å². The van der Waals surface area contributed by atoms with E-state index in [4.69, 9.17) is 5.73 Å². The van der Waals surface area contributed by atoms with E-state index in [1.54, 1.807) is 0 Å². The van der Waals surface area contributed by atoms with Gasteiger partial charge in [0.2, 0.25) is 5.82 Å². The first-order valence-electron chi connectivity index (χ1n) is 7.37. The molecule has 0 spiro atoms. The van der Waals surface area contributed by atoms with Crippen molar-refractivity contribution in [3.05, 3.63) is 65.6 Å². The first-order chi connectivity index (χ1) is 11.9. The number of halogens is 3. The molecule has 3 rings (SSSR count). The third-order valence-electron chi connectivity index (χ3n) is 3.64. The minimum Gasteiger partial charge on any atom is -0.350 e. The van der Waals surface area contributed by atoms with Crippen LogP contribution in [0.1, 0.15) is 27.8 Å². The maximum absolute atomic E-state index is 12.8. The van der Waals surface area contributed by atoms with Crippen molar-refractivity contribution in [2.45, 2.75) is 12.2 Å². The third kappa shape index (κ3) is 3.61. The monoisotopic (exact) mass is 349 g/mol. The van der Waals surface area contributed by atoms with E-state index >= 15 is 0 Å². The highest BCUT2D eigenvalue weighted by atomic mass is 19.4. The van der Waals surface area contributed by atoms with Crippen molar-refractivity contribution in [2.75, 3.05) is 6.54 Å². The standard InChI is InChI=1S/C16H14F3N5O/c17-16(18,19)15-23-22-13-8-11(6-7-24(13)15)14(25)21-9-12(20)10-4-2-1-3-5-10/h1-8,12H,9,20H2,(H,21,25). The molecular formula is C16H14F3N5O. The third-order valence-corrected chi connectivity index (χ3v) is 3.64. The zero-order valence-corrected chi connectivity index (χ0v) is 12.9. The fourth-order valence-corrected chi connectivity index (χ4v) is 2.35. The van der Waals surface area contributed by atoms with Gasteiger partial charge < -0.3 is 11.1 Å². The Balaban J connectivity index is 1.72. The van der Waals surface area contributed by atoms with Crippen molar-refractivity contribution in [1.82, 2.24) is 19.9 Å². The summed E-state index contributed by atoms with van der Waals surface area (Å²) in [5.74, 6) is -1.59. The van der Waals surface area contributed by atoms with Gasteiger partial charge in [-0.2, -0.15) is 13.2 Å². The number of nitrogens with two attached hydrogens (primary N) is 1. The predicted octanol–water partition coefficient (Wildman–Crippen LogP) is 2.18. The Labute approximate surface area is 140 Å². The number of carbonyl (C=O) groups excluding carboxylic acids is 1. The van der Waals surface area contributed by atoms with Gasteiger partial charge in [0.05, 0.1) is 0 Å². The maximum Gasteiger partial charge on any atom is 0.452 e. The van der Waals surface area contributed by atoms with Gasteiger partial charge in [-0.15, -0.1) is 10.2 Å². The van der Waals surface area contributed by atoms with Gasteiger partial charge in [0.25, 0.3) is 5.91 Å². The number of fused-ring (bicyclic) bond motifs is 1. The van der Waals surface area contributed by atoms with Crippen LogP contribution in [0.4, 0.5) is 13.2 Å². The smallest absolute Gasteiger partial charge is 0.350 e. The van der Waals surface area contributed by atoms with Crippen molar-refractivity contribution in [2.24, 2.45) is 5.73 Å². The minimum atomic E-state index is -4.62. The van der Waals surface area contributed by atoms with Crippen molar-refractivity contribution in [3.63, 3.8) is 0 Å². The summed E-state index contributed by atoms with van der Waals surface area (Å²) in [7, 11) is 0. The summed E-state index contributed by atoms with van der Waals surface area (Å²) in [6, 6.07) is 11.4. The van der Waals surface area contributed by atoms with Gasteiger partial charge in [0, 0.05) is 24.3 Å². The molecule has 0 aliphatic rings. The molecule has 130 valence electrons. The summed E-state index contributed by atoms with van der Waals surface area (Å²) >= 11 is 0. The molecular weight excluding hydrogens is 335 g/mol. The number of rotatable bonds is 4. The number of benzene rings is 1. The van der Waals surface area contributed by atoms with Gasteiger partial charge in [0.15, 0.2) is 5.65 Å². The van der Waals surface area contributed by atoms with E-state index in [-0.39, 0.29) is 23.8 Å². The van der Waals surface area contributed by atoms with Crippen LogP contribution < -0.4 is 11.1 Å². The van der Waals surface area contributed by atoms with Gasteiger partial charge in [-0.05, 0) is 17.7 Å². The number of amides is 1. The highest BCUT2D eigenvalue weighted by molar-refractivity contribution is 5.95. The summed E-state index contributed by atoms with van der Waals surface area (Å²) in [5, 5.41) is 9.23. The molecule has 2 heterocycles. The molecule has 2 aromatic heterocycles. The molecule has 1 atom stereocenters. The average Bonchev–Trinajstić information content (AvgIpc) is 3.03. The van der Waals surface area contributed by atoms with Gasteiger partial charge in [-0.25, -0.2) is 0 Å². The first kappa shape index (κ1) is 16.9. The molecule has 0 radical (unpaired) electrons. The molecule has 25 heavy (non-hydrogen) atoms. The molecule has 1 amide bonds. The Morgan fingerprint density at radius 2 is 1.92 bits per heavy atom. The Kier molecular flexibility index (Phi) is 4.41. The summed E-state index contributed by atoms with van der Waals surface area (Å²) in [6.45, 7) is 0.189. The highest BCUT2D eigenvalue weighted by Gasteiger charge is 2.36. The van der Waals surface area contributed by atoms with Gasteiger partial charge >= 0.3 is 6.18 Å². The summed E-state index contributed by atoms with van der Waals surface area (Å²) in [6.07, 6.45) is -3.50. The quantitative estimate of drug-likeness (QED) is 0.756. The van der Waals surface area contributed by atoms with Crippen LogP contribution in [-0.2, 0) is 6.18 Å². The zero-order valence-electron chi connectivity index (χ0n) is 12.9. The second kappa shape index (κ2) is 6.52. The van der Waals surface area contributed by atoms with Crippen molar-refractivity contribution in [1.29, 1.82) is 0 Å². The average molecular weight is 349 g/mol. The van der Waals surface area contributed by atoms with Gasteiger partial charge in [-0.3, -0.25) is 9.20 Å². The fraction of sp³-hybridized carbons (Fsp3) is 0.188. The number of carbonyl (C=O) groups is 1. The molecule has 0 aliphatic carbocycles. The summed E-state index contributed by atoms with van der Waals surface area (Å²) < 4.78 is 39.1. The molecule has 3 aromatic rings. The largest absolute Gasteiger partial charge is 0.452 e. The number of nitrogens with one attached hydrogen (secondary N) is 1. The maximum atomic E-state index is 12.8. The normalized spacial score (nSPS) is 13.0. The van der Waals surface area contributed by atoms with Gasteiger partial charge in [-0.1, -0.05) is 30.3 Å². The number of hydrogen-bond donors (Lipinski definition) is 2. The minimum absolute atomic E-state index is 0.0627. The fourth-order valence-electron chi connectivity index (χ4n) is 2.35. The van der Waals surface area contributed by atoms with Crippen LogP contribution in [0.25, 0.3) is 5.65 Å². The number of nitrogens with zero attached hydrogens (tertiary/aromatic N) is 3. The van der Waals surface area contributed by atoms with Crippen LogP contribution >= 0.6 is 0 Å². The predicted molar refractivity (Wildman–Crippen MR) is 83.7 cm³/mol. The lowest BCUT2D eigenvalue weighted by Crippen LogP contribution is -2.31. The highest BCUT2D eigenvalue weighted by Crippen LogP contribution is 2.27. The van der Waals surface area contributed by atoms with Crippen LogP contribution in [0.3, 0.4) is 0 Å². The molecule has 0 saturated carbocycles. The molecule has 3 N–H and O–H groups in total. The lowest BCUT2D eigenvalue weighted by atomic mass is 10.1. The van der Waals surface area contributed by atoms with Crippen LogP contribution in [0.2, 0.25) is 0 Å². The van der Waals surface area contributed by atoms with Crippen molar-refractivity contribution in [3.8, 4) is 0 Å². The lowest BCUT2D eigenvalue weighted by Gasteiger charge is -2.13. The van der Waals surface area contributed by atoms with E-state index in [9.17, 15) is 18.0 Å². The Bertz CT molecular complexity index is 892. The lowest BCUT2D eigenvalue weighted by molar-refractivity contribution is -0.145. The molecule has 0 aliphatic heterocycles. The Hall–Kier alpha value is -2.94. The van der Waals surface area contributed by atoms with E-state index < -0.39 is 17.9 Å². The number of pyridine rings is 1. The molecule has 0 fully saturated rings. The van der Waals surface area contributed by atoms with Crippen LogP contribution in [0, 0.1) is 0 Å². The van der Waals surface area contributed by atoms with E-state index in [0.717, 1.165) is 16.2 Å². The van der Waals surface area contributed by atoms with Crippen LogP contribution in [0.5, 0.6) is 0 Å². The number of alkyl halides is 3. The van der Waals surface area contributed by atoms with Gasteiger partial charge in [0.1, 0.15) is 0 Å². The SMILES string of the molecule is NC(CNC(=O)c1ccn2c(C(F)(F)F)nnc2c1)c1ccccc1. The summed E-state index contributed by atoms with van der Waals surface area (Å²) in [4.78, 5) is 12.2. The molecule has 0 bridgehead atoms.